The van der Waals surface area contributed by atoms with Crippen molar-refractivity contribution in [2.24, 2.45) is 0 Å². The highest BCUT2D eigenvalue weighted by Crippen LogP contribution is 2.23. The van der Waals surface area contributed by atoms with Gasteiger partial charge in [-0.05, 0) is 38.1 Å². The first-order valence-electron chi connectivity index (χ1n) is 6.24. The third-order valence-corrected chi connectivity index (χ3v) is 2.96. The minimum Gasteiger partial charge on any atom is -0.451 e. The van der Waals surface area contributed by atoms with Gasteiger partial charge in [0.1, 0.15) is 5.58 Å². The van der Waals surface area contributed by atoms with Gasteiger partial charge < -0.3 is 15.1 Å². The third kappa shape index (κ3) is 2.62. The molecule has 2 rings (SSSR count). The summed E-state index contributed by atoms with van der Waals surface area (Å²) in [4.78, 5) is 14.1. The van der Waals surface area contributed by atoms with Crippen LogP contribution in [0.1, 0.15) is 24.4 Å². The summed E-state index contributed by atoms with van der Waals surface area (Å²) in [5.74, 6) is 0.195. The number of furan rings is 1. The first kappa shape index (κ1) is 13.2. The summed E-state index contributed by atoms with van der Waals surface area (Å²) in [7, 11) is 0. The van der Waals surface area contributed by atoms with Gasteiger partial charge in [0.25, 0.3) is 5.91 Å². The van der Waals surface area contributed by atoms with Crippen LogP contribution < -0.4 is 5.73 Å². The summed E-state index contributed by atoms with van der Waals surface area (Å²) >= 11 is 0. The summed E-state index contributed by atoms with van der Waals surface area (Å²) in [6, 6.07) is 7.14. The highest BCUT2D eigenvalue weighted by Gasteiger charge is 2.21. The predicted octanol–water partition coefficient (Wildman–Crippen LogP) is 3.05. The normalized spacial score (nSPS) is 10.9. The Kier molecular flexibility index (Phi) is 3.60. The number of carbonyl (C=O) groups excluding carboxylic acids is 1. The number of amides is 1. The molecule has 2 N–H and O–H groups in total. The fourth-order valence-electron chi connectivity index (χ4n) is 1.98. The molecule has 4 nitrogen and oxygen atoms in total. The van der Waals surface area contributed by atoms with E-state index in [1.54, 1.807) is 35.2 Å². The van der Waals surface area contributed by atoms with Crippen LogP contribution in [0.15, 0.2) is 41.3 Å². The summed E-state index contributed by atoms with van der Waals surface area (Å²) in [6.45, 7) is 8.09. The quantitative estimate of drug-likeness (QED) is 0.677. The van der Waals surface area contributed by atoms with Gasteiger partial charge in [0, 0.05) is 23.7 Å². The summed E-state index contributed by atoms with van der Waals surface area (Å²) < 4.78 is 5.58. The van der Waals surface area contributed by atoms with E-state index in [-0.39, 0.29) is 11.9 Å². The van der Waals surface area contributed by atoms with E-state index < -0.39 is 0 Å². The van der Waals surface area contributed by atoms with Crippen molar-refractivity contribution in [3.05, 3.63) is 42.7 Å². The van der Waals surface area contributed by atoms with Crippen molar-refractivity contribution in [3.63, 3.8) is 0 Å². The van der Waals surface area contributed by atoms with Crippen LogP contribution in [-0.4, -0.2) is 23.4 Å². The van der Waals surface area contributed by atoms with Gasteiger partial charge in [-0.1, -0.05) is 6.08 Å². The van der Waals surface area contributed by atoms with Crippen LogP contribution in [0.2, 0.25) is 0 Å². The molecule has 0 saturated carbocycles. The Hall–Kier alpha value is -2.23. The lowest BCUT2D eigenvalue weighted by Crippen LogP contribution is -2.36. The molecule has 1 amide bonds. The van der Waals surface area contributed by atoms with Gasteiger partial charge in [-0.2, -0.15) is 0 Å². The maximum absolute atomic E-state index is 12.4. The second kappa shape index (κ2) is 5.18. The first-order chi connectivity index (χ1) is 9.02. The lowest BCUT2D eigenvalue weighted by Gasteiger charge is -2.24. The number of benzene rings is 1. The van der Waals surface area contributed by atoms with Crippen molar-refractivity contribution in [1.82, 2.24) is 4.90 Å². The van der Waals surface area contributed by atoms with Gasteiger partial charge in [0.2, 0.25) is 0 Å². The first-order valence-corrected chi connectivity index (χ1v) is 6.24. The van der Waals surface area contributed by atoms with Gasteiger partial charge in [-0.15, -0.1) is 6.58 Å². The Morgan fingerprint density at radius 3 is 2.84 bits per heavy atom. The van der Waals surface area contributed by atoms with E-state index in [1.165, 1.54) is 0 Å². The zero-order valence-corrected chi connectivity index (χ0v) is 11.2. The molecule has 0 saturated heterocycles. The SMILES string of the molecule is C=CCN(C(=O)c1cc2cc(N)ccc2o1)C(C)C. The molecule has 0 radical (unpaired) electrons. The maximum Gasteiger partial charge on any atom is 0.290 e. The van der Waals surface area contributed by atoms with Crippen LogP contribution in [0, 0.1) is 0 Å². The van der Waals surface area contributed by atoms with Gasteiger partial charge in [-0.25, -0.2) is 0 Å². The molecule has 0 aliphatic carbocycles. The number of nitrogen functional groups attached to an aromatic ring is 1. The second-order valence-electron chi connectivity index (χ2n) is 4.75. The number of hydrogen-bond donors (Lipinski definition) is 1. The molecule has 100 valence electrons. The molecule has 0 bridgehead atoms. The number of nitrogens with two attached hydrogens (primary N) is 1. The average Bonchev–Trinajstić information content (AvgIpc) is 2.77. The molecular weight excluding hydrogens is 240 g/mol. The topological polar surface area (TPSA) is 59.5 Å². The third-order valence-electron chi connectivity index (χ3n) is 2.96. The van der Waals surface area contributed by atoms with Crippen molar-refractivity contribution in [3.8, 4) is 0 Å². The van der Waals surface area contributed by atoms with Crippen LogP contribution in [0.25, 0.3) is 11.0 Å². The largest absolute Gasteiger partial charge is 0.451 e. The smallest absolute Gasteiger partial charge is 0.290 e. The minimum atomic E-state index is -0.135. The molecule has 4 heteroatoms. The number of hydrogen-bond acceptors (Lipinski definition) is 3. The van der Waals surface area contributed by atoms with Gasteiger partial charge in [0.05, 0.1) is 0 Å². The summed E-state index contributed by atoms with van der Waals surface area (Å²) in [5, 5.41) is 0.839. The molecule has 1 aromatic carbocycles. The average molecular weight is 258 g/mol. The molecular formula is C15H18N2O2. The molecule has 0 fully saturated rings. The Labute approximate surface area is 112 Å². The van der Waals surface area contributed by atoms with Crippen LogP contribution >= 0.6 is 0 Å². The van der Waals surface area contributed by atoms with E-state index in [9.17, 15) is 4.79 Å². The fraction of sp³-hybridized carbons (Fsp3) is 0.267. The van der Waals surface area contributed by atoms with Gasteiger partial charge in [-0.3, -0.25) is 4.79 Å². The van der Waals surface area contributed by atoms with Crippen LogP contribution in [0.4, 0.5) is 5.69 Å². The zero-order valence-electron chi connectivity index (χ0n) is 11.2. The standard InChI is InChI=1S/C15H18N2O2/c1-4-7-17(10(2)3)15(18)14-9-11-8-12(16)5-6-13(11)19-14/h4-6,8-10H,1,7,16H2,2-3H3. The summed E-state index contributed by atoms with van der Waals surface area (Å²) in [6.07, 6.45) is 1.71. The van der Waals surface area contributed by atoms with Gasteiger partial charge >= 0.3 is 0 Å². The fourth-order valence-corrected chi connectivity index (χ4v) is 1.98. The van der Waals surface area contributed by atoms with Crippen molar-refractivity contribution in [2.45, 2.75) is 19.9 Å². The van der Waals surface area contributed by atoms with Crippen LogP contribution in [0.5, 0.6) is 0 Å². The molecule has 1 heterocycles. The van der Waals surface area contributed by atoms with E-state index in [2.05, 4.69) is 6.58 Å². The highest BCUT2D eigenvalue weighted by molar-refractivity contribution is 5.96. The van der Waals surface area contributed by atoms with E-state index >= 15 is 0 Å². The van der Waals surface area contributed by atoms with E-state index in [0.29, 0.717) is 23.6 Å². The van der Waals surface area contributed by atoms with E-state index in [1.807, 2.05) is 13.8 Å². The number of carbonyl (C=O) groups is 1. The molecule has 0 aliphatic rings. The zero-order chi connectivity index (χ0) is 14.0. The van der Waals surface area contributed by atoms with Crippen molar-refractivity contribution < 1.29 is 9.21 Å². The number of nitrogens with zero attached hydrogens (tertiary/aromatic N) is 1. The molecule has 19 heavy (non-hydrogen) atoms. The van der Waals surface area contributed by atoms with Crippen molar-refractivity contribution in [1.29, 1.82) is 0 Å². The maximum atomic E-state index is 12.4. The highest BCUT2D eigenvalue weighted by atomic mass is 16.3. The molecule has 0 aliphatic heterocycles. The molecule has 2 aromatic rings. The number of anilines is 1. The number of rotatable bonds is 4. The minimum absolute atomic E-state index is 0.0868. The Balaban J connectivity index is 2.37. The van der Waals surface area contributed by atoms with Crippen LogP contribution in [-0.2, 0) is 0 Å². The summed E-state index contributed by atoms with van der Waals surface area (Å²) in [5.41, 5.74) is 7.03. The lowest BCUT2D eigenvalue weighted by molar-refractivity contribution is 0.0699. The van der Waals surface area contributed by atoms with Crippen molar-refractivity contribution >= 4 is 22.6 Å². The molecule has 1 aromatic heterocycles. The number of fused-ring (bicyclic) bond motifs is 1. The Morgan fingerprint density at radius 2 is 2.21 bits per heavy atom. The van der Waals surface area contributed by atoms with E-state index in [4.69, 9.17) is 10.2 Å². The Bertz CT molecular complexity index is 614. The van der Waals surface area contributed by atoms with Crippen molar-refractivity contribution in [2.75, 3.05) is 12.3 Å². The lowest BCUT2D eigenvalue weighted by atomic mass is 10.2. The Morgan fingerprint density at radius 1 is 1.47 bits per heavy atom. The van der Waals surface area contributed by atoms with E-state index in [0.717, 1.165) is 5.39 Å². The molecule has 0 spiro atoms. The predicted molar refractivity (Wildman–Crippen MR) is 77.0 cm³/mol. The second-order valence-corrected chi connectivity index (χ2v) is 4.75. The monoisotopic (exact) mass is 258 g/mol. The van der Waals surface area contributed by atoms with Gasteiger partial charge in [0.15, 0.2) is 5.76 Å². The van der Waals surface area contributed by atoms with Crippen LogP contribution in [0.3, 0.4) is 0 Å². The molecule has 0 atom stereocenters. The molecule has 0 unspecified atom stereocenters.